The smallest absolute Gasteiger partial charge is 0.120 e. The van der Waals surface area contributed by atoms with Crippen LogP contribution in [0.15, 0.2) is 6.07 Å². The number of hydrogen-bond donors (Lipinski definition) is 0. The number of hydrogen-bond acceptors (Lipinski definition) is 2. The maximum absolute atomic E-state index is 9.10. The molecule has 3 nitrogen and oxygen atoms in total. The van der Waals surface area contributed by atoms with Gasteiger partial charge in [0, 0.05) is 25.8 Å². The Morgan fingerprint density at radius 1 is 1.32 bits per heavy atom. The lowest BCUT2D eigenvalue weighted by molar-refractivity contribution is 0.255. The van der Waals surface area contributed by atoms with Crippen LogP contribution in [0, 0.1) is 23.7 Å². The van der Waals surface area contributed by atoms with Crippen molar-refractivity contribution >= 4 is 0 Å². The summed E-state index contributed by atoms with van der Waals surface area (Å²) in [6.07, 6.45) is 7.10. The molecule has 1 saturated heterocycles. The first kappa shape index (κ1) is 12.7. The second-order valence-corrected chi connectivity index (χ2v) is 6.48. The number of nitrogens with zero attached hydrogens (tertiary/aromatic N) is 3. The molecule has 3 rings (SSSR count). The zero-order valence-electron chi connectivity index (χ0n) is 12.1. The molecule has 0 bridgehead atoms. The average molecular weight is 257 g/mol. The van der Waals surface area contributed by atoms with Crippen molar-refractivity contribution in [2.75, 3.05) is 13.1 Å². The lowest BCUT2D eigenvalue weighted by Crippen LogP contribution is -2.25. The molecule has 1 spiro atoms. The minimum Gasteiger partial charge on any atom is -0.340 e. The standard InChI is InChI=1S/C16H23N3/c1-13-14(9-15(10-17)18(13)2)11-19-8-7-16(12-19)5-3-4-6-16/h9H,3-8,11-12H2,1-2H3. The van der Waals surface area contributed by atoms with Crippen molar-refractivity contribution in [1.29, 1.82) is 5.26 Å². The molecule has 3 heteroatoms. The highest BCUT2D eigenvalue weighted by Gasteiger charge is 2.40. The quantitative estimate of drug-likeness (QED) is 0.816. The van der Waals surface area contributed by atoms with Gasteiger partial charge in [-0.25, -0.2) is 0 Å². The molecule has 0 atom stereocenters. The minimum atomic E-state index is 0.640. The summed E-state index contributed by atoms with van der Waals surface area (Å²) in [7, 11) is 1.99. The largest absolute Gasteiger partial charge is 0.340 e. The minimum absolute atomic E-state index is 0.640. The van der Waals surface area contributed by atoms with Gasteiger partial charge in [-0.1, -0.05) is 12.8 Å². The topological polar surface area (TPSA) is 32.0 Å². The second-order valence-electron chi connectivity index (χ2n) is 6.48. The van der Waals surface area contributed by atoms with Gasteiger partial charge in [0.05, 0.1) is 0 Å². The van der Waals surface area contributed by atoms with Gasteiger partial charge in [-0.15, -0.1) is 0 Å². The molecule has 1 aliphatic heterocycles. The molecule has 0 aromatic carbocycles. The molecule has 1 aromatic heterocycles. The summed E-state index contributed by atoms with van der Waals surface area (Å²) in [6.45, 7) is 5.64. The molecular weight excluding hydrogens is 234 g/mol. The Morgan fingerprint density at radius 3 is 2.68 bits per heavy atom. The van der Waals surface area contributed by atoms with E-state index in [4.69, 9.17) is 5.26 Å². The monoisotopic (exact) mass is 257 g/mol. The van der Waals surface area contributed by atoms with E-state index in [0.29, 0.717) is 5.41 Å². The predicted molar refractivity (Wildman–Crippen MR) is 75.7 cm³/mol. The number of aromatic nitrogens is 1. The maximum atomic E-state index is 9.10. The summed E-state index contributed by atoms with van der Waals surface area (Å²) in [5.41, 5.74) is 3.99. The van der Waals surface area contributed by atoms with Crippen LogP contribution in [-0.2, 0) is 13.6 Å². The van der Waals surface area contributed by atoms with E-state index in [2.05, 4.69) is 24.0 Å². The molecule has 19 heavy (non-hydrogen) atoms. The Hall–Kier alpha value is -1.27. The van der Waals surface area contributed by atoms with Crippen LogP contribution in [0.25, 0.3) is 0 Å². The van der Waals surface area contributed by atoms with Crippen LogP contribution in [0.2, 0.25) is 0 Å². The highest BCUT2D eigenvalue weighted by molar-refractivity contribution is 5.34. The predicted octanol–water partition coefficient (Wildman–Crippen LogP) is 2.97. The van der Waals surface area contributed by atoms with Crippen molar-refractivity contribution in [2.45, 2.75) is 45.6 Å². The third-order valence-electron chi connectivity index (χ3n) is 5.33. The van der Waals surface area contributed by atoms with Gasteiger partial charge in [-0.05, 0) is 49.8 Å². The number of nitriles is 1. The third-order valence-corrected chi connectivity index (χ3v) is 5.33. The first-order chi connectivity index (χ1) is 9.13. The Balaban J connectivity index is 1.71. The van der Waals surface area contributed by atoms with E-state index in [0.717, 1.165) is 12.2 Å². The molecule has 0 radical (unpaired) electrons. The summed E-state index contributed by atoms with van der Waals surface area (Å²) >= 11 is 0. The maximum Gasteiger partial charge on any atom is 0.120 e. The molecule has 1 saturated carbocycles. The van der Waals surface area contributed by atoms with Crippen molar-refractivity contribution in [3.05, 3.63) is 23.0 Å². The van der Waals surface area contributed by atoms with E-state index < -0.39 is 0 Å². The lowest BCUT2D eigenvalue weighted by atomic mass is 9.86. The Kier molecular flexibility index (Phi) is 3.14. The van der Waals surface area contributed by atoms with Gasteiger partial charge in [0.1, 0.15) is 11.8 Å². The molecule has 0 amide bonds. The number of likely N-dealkylation sites (tertiary alicyclic amines) is 1. The van der Waals surface area contributed by atoms with E-state index in [-0.39, 0.29) is 0 Å². The van der Waals surface area contributed by atoms with Gasteiger partial charge in [0.25, 0.3) is 0 Å². The molecular formula is C16H23N3. The summed E-state index contributed by atoms with van der Waals surface area (Å²) < 4.78 is 2.01. The van der Waals surface area contributed by atoms with Crippen LogP contribution in [0.4, 0.5) is 0 Å². The van der Waals surface area contributed by atoms with Crippen LogP contribution in [-0.4, -0.2) is 22.6 Å². The van der Waals surface area contributed by atoms with Gasteiger partial charge in [0.2, 0.25) is 0 Å². The van der Waals surface area contributed by atoms with Gasteiger partial charge >= 0.3 is 0 Å². The fraction of sp³-hybridized carbons (Fsp3) is 0.688. The zero-order chi connectivity index (χ0) is 13.5. The summed E-state index contributed by atoms with van der Waals surface area (Å²) in [6, 6.07) is 4.34. The normalized spacial score (nSPS) is 22.2. The molecule has 1 aromatic rings. The van der Waals surface area contributed by atoms with E-state index in [1.807, 2.05) is 11.6 Å². The molecule has 1 aliphatic carbocycles. The first-order valence-electron chi connectivity index (χ1n) is 7.41. The van der Waals surface area contributed by atoms with Gasteiger partial charge in [-0.3, -0.25) is 4.90 Å². The van der Waals surface area contributed by atoms with E-state index in [1.165, 1.54) is 56.5 Å². The second kappa shape index (κ2) is 4.68. The van der Waals surface area contributed by atoms with E-state index in [9.17, 15) is 0 Å². The summed E-state index contributed by atoms with van der Waals surface area (Å²) in [4.78, 5) is 2.59. The van der Waals surface area contributed by atoms with Crippen LogP contribution >= 0.6 is 0 Å². The zero-order valence-corrected chi connectivity index (χ0v) is 12.1. The van der Waals surface area contributed by atoms with Gasteiger partial charge in [0.15, 0.2) is 0 Å². The van der Waals surface area contributed by atoms with Crippen LogP contribution < -0.4 is 0 Å². The van der Waals surface area contributed by atoms with Crippen molar-refractivity contribution in [1.82, 2.24) is 9.47 Å². The lowest BCUT2D eigenvalue weighted by Gasteiger charge is -2.23. The highest BCUT2D eigenvalue weighted by Crippen LogP contribution is 2.45. The molecule has 2 aliphatic rings. The third kappa shape index (κ3) is 2.19. The Bertz CT molecular complexity index is 515. The molecule has 2 heterocycles. The fourth-order valence-electron chi connectivity index (χ4n) is 3.97. The summed E-state index contributed by atoms with van der Waals surface area (Å²) in [5, 5.41) is 9.10. The molecule has 102 valence electrons. The Morgan fingerprint density at radius 2 is 2.05 bits per heavy atom. The average Bonchev–Trinajstić information content (AvgIpc) is 3.09. The fourth-order valence-corrected chi connectivity index (χ4v) is 3.97. The van der Waals surface area contributed by atoms with Crippen molar-refractivity contribution in [3.63, 3.8) is 0 Å². The molecule has 0 unspecified atom stereocenters. The first-order valence-corrected chi connectivity index (χ1v) is 7.41. The molecule has 2 fully saturated rings. The van der Waals surface area contributed by atoms with Crippen molar-refractivity contribution in [3.8, 4) is 6.07 Å². The van der Waals surface area contributed by atoms with Gasteiger partial charge < -0.3 is 4.57 Å². The van der Waals surface area contributed by atoms with Crippen molar-refractivity contribution in [2.24, 2.45) is 12.5 Å². The SMILES string of the molecule is Cc1c(CN2CCC3(CCCC3)C2)cc(C#N)n1C. The molecule has 0 N–H and O–H groups in total. The van der Waals surface area contributed by atoms with Crippen LogP contribution in [0.3, 0.4) is 0 Å². The van der Waals surface area contributed by atoms with E-state index in [1.54, 1.807) is 0 Å². The van der Waals surface area contributed by atoms with Crippen LogP contribution in [0.1, 0.15) is 49.1 Å². The van der Waals surface area contributed by atoms with Crippen molar-refractivity contribution < 1.29 is 0 Å². The highest BCUT2D eigenvalue weighted by atomic mass is 15.2. The number of rotatable bonds is 2. The van der Waals surface area contributed by atoms with E-state index >= 15 is 0 Å². The Labute approximate surface area is 115 Å². The summed E-state index contributed by atoms with van der Waals surface area (Å²) in [5.74, 6) is 0. The van der Waals surface area contributed by atoms with Gasteiger partial charge in [-0.2, -0.15) is 5.26 Å². The van der Waals surface area contributed by atoms with Crippen LogP contribution in [0.5, 0.6) is 0 Å².